The molecule has 0 radical (unpaired) electrons. The fourth-order valence-corrected chi connectivity index (χ4v) is 2.56. The van der Waals surface area contributed by atoms with Crippen molar-refractivity contribution in [3.8, 4) is 5.75 Å². The number of hydrogen-bond donors (Lipinski definition) is 2. The lowest BCUT2D eigenvalue weighted by Gasteiger charge is -2.19. The van der Waals surface area contributed by atoms with Crippen molar-refractivity contribution in [2.24, 2.45) is 11.7 Å². The lowest BCUT2D eigenvalue weighted by atomic mass is 9.99. The molecule has 0 bridgehead atoms. The second-order valence-electron chi connectivity index (χ2n) is 4.37. The van der Waals surface area contributed by atoms with Crippen LogP contribution in [0.3, 0.4) is 0 Å². The molecule has 0 aliphatic heterocycles. The molecule has 1 aromatic carbocycles. The zero-order valence-corrected chi connectivity index (χ0v) is 13.5. The molecule has 1 rings (SSSR count). The Morgan fingerprint density at radius 3 is 2.74 bits per heavy atom. The van der Waals surface area contributed by atoms with E-state index in [0.29, 0.717) is 20.9 Å². The molecule has 0 saturated carbocycles. The molecule has 0 aliphatic carbocycles. The van der Waals surface area contributed by atoms with Gasteiger partial charge >= 0.3 is 0 Å². The highest BCUT2D eigenvalue weighted by atomic mass is 79.9. The Balaban J connectivity index is 2.96. The van der Waals surface area contributed by atoms with Crippen LogP contribution in [0.1, 0.15) is 20.3 Å². The summed E-state index contributed by atoms with van der Waals surface area (Å²) >= 11 is 9.30. The van der Waals surface area contributed by atoms with Gasteiger partial charge in [0, 0.05) is 5.02 Å². The fraction of sp³-hybridized carbons (Fsp3) is 0.462. The van der Waals surface area contributed by atoms with E-state index in [-0.39, 0.29) is 11.8 Å². The monoisotopic (exact) mass is 348 g/mol. The highest BCUT2D eigenvalue weighted by Crippen LogP contribution is 2.36. The maximum atomic E-state index is 12.1. The molecule has 0 spiro atoms. The van der Waals surface area contributed by atoms with E-state index in [1.807, 2.05) is 13.8 Å². The Bertz CT molecular complexity index is 468. The highest BCUT2D eigenvalue weighted by Gasteiger charge is 2.21. The molecule has 0 saturated heterocycles. The molecule has 3 N–H and O–H groups in total. The van der Waals surface area contributed by atoms with Gasteiger partial charge in [-0.15, -0.1) is 0 Å². The highest BCUT2D eigenvalue weighted by molar-refractivity contribution is 9.10. The lowest BCUT2D eigenvalue weighted by molar-refractivity contribution is -0.118. The van der Waals surface area contributed by atoms with Gasteiger partial charge in [-0.2, -0.15) is 0 Å². The molecule has 106 valence electrons. The van der Waals surface area contributed by atoms with E-state index in [9.17, 15) is 4.79 Å². The van der Waals surface area contributed by atoms with Crippen LogP contribution in [0.15, 0.2) is 16.6 Å². The van der Waals surface area contributed by atoms with Gasteiger partial charge in [-0.1, -0.05) is 31.9 Å². The summed E-state index contributed by atoms with van der Waals surface area (Å²) in [5.41, 5.74) is 6.39. The molecule has 2 atom stereocenters. The number of nitrogens with one attached hydrogen (secondary N) is 1. The molecule has 4 nitrogen and oxygen atoms in total. The minimum atomic E-state index is -0.563. The van der Waals surface area contributed by atoms with E-state index in [2.05, 4.69) is 21.2 Å². The van der Waals surface area contributed by atoms with Crippen LogP contribution >= 0.6 is 27.5 Å². The molecule has 6 heteroatoms. The number of nitrogens with two attached hydrogens (primary N) is 1. The summed E-state index contributed by atoms with van der Waals surface area (Å²) < 4.78 is 5.91. The lowest BCUT2D eigenvalue weighted by Crippen LogP contribution is -2.40. The van der Waals surface area contributed by atoms with Gasteiger partial charge in [-0.05, 0) is 34.0 Å². The van der Waals surface area contributed by atoms with Crippen LogP contribution in [-0.2, 0) is 4.79 Å². The van der Waals surface area contributed by atoms with Gasteiger partial charge < -0.3 is 15.8 Å². The van der Waals surface area contributed by atoms with Crippen molar-refractivity contribution in [3.05, 3.63) is 21.6 Å². The normalized spacial score (nSPS) is 13.8. The third kappa shape index (κ3) is 4.09. The van der Waals surface area contributed by atoms with Crippen molar-refractivity contribution in [1.29, 1.82) is 0 Å². The van der Waals surface area contributed by atoms with Gasteiger partial charge in [0.15, 0.2) is 5.75 Å². The minimum absolute atomic E-state index is 0.105. The molecule has 0 aromatic heterocycles. The summed E-state index contributed by atoms with van der Waals surface area (Å²) in [6.07, 6.45) is 0.838. The summed E-state index contributed by atoms with van der Waals surface area (Å²) in [7, 11) is 1.53. The van der Waals surface area contributed by atoms with Crippen LogP contribution in [0.25, 0.3) is 0 Å². The zero-order chi connectivity index (χ0) is 14.6. The number of carbonyl (C=O) groups excluding carboxylic acids is 1. The van der Waals surface area contributed by atoms with E-state index >= 15 is 0 Å². The number of hydrogen-bond acceptors (Lipinski definition) is 3. The summed E-state index contributed by atoms with van der Waals surface area (Å²) in [5, 5.41) is 3.25. The molecule has 0 aliphatic rings. The van der Waals surface area contributed by atoms with Crippen molar-refractivity contribution in [3.63, 3.8) is 0 Å². The molecule has 1 amide bonds. The Kier molecular flexibility index (Phi) is 6.10. The second kappa shape index (κ2) is 7.12. The van der Waals surface area contributed by atoms with Gasteiger partial charge in [-0.3, -0.25) is 4.79 Å². The Labute approximate surface area is 126 Å². The SMILES string of the molecule is CC[C@H](C)[C@H](N)C(=O)Nc1cc(Cl)cc(Br)c1OC. The predicted molar refractivity (Wildman–Crippen MR) is 81.8 cm³/mol. The largest absolute Gasteiger partial charge is 0.493 e. The fourth-order valence-electron chi connectivity index (χ4n) is 1.59. The average Bonchev–Trinajstić information content (AvgIpc) is 2.36. The van der Waals surface area contributed by atoms with Crippen molar-refractivity contribution in [2.75, 3.05) is 12.4 Å². The molecule has 0 heterocycles. The van der Waals surface area contributed by atoms with Gasteiger partial charge in [0.1, 0.15) is 0 Å². The van der Waals surface area contributed by atoms with Gasteiger partial charge in [-0.25, -0.2) is 0 Å². The Morgan fingerprint density at radius 2 is 2.21 bits per heavy atom. The predicted octanol–water partition coefficient (Wildman–Crippen LogP) is 3.42. The van der Waals surface area contributed by atoms with Gasteiger partial charge in [0.05, 0.1) is 23.3 Å². The third-order valence-electron chi connectivity index (χ3n) is 3.03. The first-order valence-electron chi connectivity index (χ1n) is 6.00. The quantitative estimate of drug-likeness (QED) is 0.856. The minimum Gasteiger partial charge on any atom is -0.493 e. The Morgan fingerprint density at radius 1 is 1.58 bits per heavy atom. The van der Waals surface area contributed by atoms with Crippen LogP contribution in [0.5, 0.6) is 5.75 Å². The molecule has 1 aromatic rings. The van der Waals surface area contributed by atoms with E-state index < -0.39 is 6.04 Å². The summed E-state index contributed by atoms with van der Waals surface area (Å²) in [5.74, 6) is 0.379. The van der Waals surface area contributed by atoms with Crippen molar-refractivity contribution < 1.29 is 9.53 Å². The van der Waals surface area contributed by atoms with E-state index in [4.69, 9.17) is 22.1 Å². The number of rotatable bonds is 5. The number of carbonyl (C=O) groups is 1. The topological polar surface area (TPSA) is 64.4 Å². The molecule has 0 fully saturated rings. The molecular weight excluding hydrogens is 332 g/mol. The van der Waals surface area contributed by atoms with Crippen molar-refractivity contribution >= 4 is 39.1 Å². The summed E-state index contributed by atoms with van der Waals surface area (Å²) in [4.78, 5) is 12.1. The average molecular weight is 350 g/mol. The smallest absolute Gasteiger partial charge is 0.241 e. The van der Waals surface area contributed by atoms with Gasteiger partial charge in [0.25, 0.3) is 0 Å². The van der Waals surface area contributed by atoms with E-state index in [1.165, 1.54) is 7.11 Å². The number of amides is 1. The van der Waals surface area contributed by atoms with Gasteiger partial charge in [0.2, 0.25) is 5.91 Å². The standard InChI is InChI=1S/C13H18BrClN2O2/c1-4-7(2)11(16)13(18)17-10-6-8(15)5-9(14)12(10)19-3/h5-7,11H,4,16H2,1-3H3,(H,17,18)/t7-,11-/m0/s1. The maximum Gasteiger partial charge on any atom is 0.241 e. The van der Waals surface area contributed by atoms with Crippen LogP contribution in [0.4, 0.5) is 5.69 Å². The summed E-state index contributed by atoms with van der Waals surface area (Å²) in [6, 6.07) is 2.77. The molecule has 19 heavy (non-hydrogen) atoms. The number of methoxy groups -OCH3 is 1. The number of benzene rings is 1. The zero-order valence-electron chi connectivity index (χ0n) is 11.2. The summed E-state index contributed by atoms with van der Waals surface area (Å²) in [6.45, 7) is 3.93. The van der Waals surface area contributed by atoms with Crippen LogP contribution in [-0.4, -0.2) is 19.1 Å². The van der Waals surface area contributed by atoms with Crippen molar-refractivity contribution in [2.45, 2.75) is 26.3 Å². The Hall–Kier alpha value is -0.780. The molecular formula is C13H18BrClN2O2. The number of ether oxygens (including phenoxy) is 1. The van der Waals surface area contributed by atoms with Crippen LogP contribution < -0.4 is 15.8 Å². The number of halogens is 2. The number of anilines is 1. The first kappa shape index (κ1) is 16.3. The van der Waals surface area contributed by atoms with E-state index in [0.717, 1.165) is 6.42 Å². The first-order chi connectivity index (χ1) is 8.90. The second-order valence-corrected chi connectivity index (χ2v) is 5.66. The van der Waals surface area contributed by atoms with E-state index in [1.54, 1.807) is 12.1 Å². The van der Waals surface area contributed by atoms with Crippen LogP contribution in [0.2, 0.25) is 5.02 Å². The first-order valence-corrected chi connectivity index (χ1v) is 7.17. The van der Waals surface area contributed by atoms with Crippen molar-refractivity contribution in [1.82, 2.24) is 0 Å². The molecule has 0 unspecified atom stereocenters. The third-order valence-corrected chi connectivity index (χ3v) is 3.84. The van der Waals surface area contributed by atoms with Crippen LogP contribution in [0, 0.1) is 5.92 Å². The maximum absolute atomic E-state index is 12.1.